The molecule has 3 aromatic rings. The number of halogens is 1. The van der Waals surface area contributed by atoms with Crippen molar-refractivity contribution >= 4 is 45.1 Å². The lowest BCUT2D eigenvalue weighted by Crippen LogP contribution is -2.47. The van der Waals surface area contributed by atoms with Gasteiger partial charge in [-0.2, -0.15) is 5.26 Å². The Kier molecular flexibility index (Phi) is 7.17. The van der Waals surface area contributed by atoms with Gasteiger partial charge in [-0.15, -0.1) is 0 Å². The van der Waals surface area contributed by atoms with Gasteiger partial charge in [0, 0.05) is 29.3 Å². The molecule has 9 nitrogen and oxygen atoms in total. The molecule has 0 unspecified atom stereocenters. The fourth-order valence-corrected chi connectivity index (χ4v) is 6.33. The summed E-state index contributed by atoms with van der Waals surface area (Å²) < 4.78 is 11.4. The van der Waals surface area contributed by atoms with Gasteiger partial charge in [-0.1, -0.05) is 42.5 Å². The van der Waals surface area contributed by atoms with Gasteiger partial charge in [0.25, 0.3) is 5.69 Å². The van der Waals surface area contributed by atoms with Crippen LogP contribution in [0, 0.1) is 26.9 Å². The van der Waals surface area contributed by atoms with E-state index in [-0.39, 0.29) is 18.1 Å². The molecular weight excluding hydrogens is 578 g/mol. The third-order valence-corrected chi connectivity index (χ3v) is 8.13. The highest BCUT2D eigenvalue weighted by Gasteiger charge is 2.67. The number of nitro benzene ring substituents is 1. The predicted molar refractivity (Wildman–Crippen MR) is 151 cm³/mol. The highest BCUT2D eigenvalue weighted by Crippen LogP contribution is 2.56. The molecule has 2 aliphatic rings. The molecule has 1 saturated heterocycles. The average Bonchev–Trinajstić information content (AvgIpc) is 3.28. The number of hydrogen-bond donors (Lipinski definition) is 0. The van der Waals surface area contributed by atoms with Crippen LogP contribution in [0.1, 0.15) is 34.3 Å². The van der Waals surface area contributed by atoms with Crippen molar-refractivity contribution < 1.29 is 24.0 Å². The largest absolute Gasteiger partial charge is 0.496 e. The molecule has 2 heterocycles. The fourth-order valence-electron chi connectivity index (χ4n) is 5.78. The van der Waals surface area contributed by atoms with Crippen LogP contribution in [0.15, 0.2) is 77.3 Å². The first-order valence-corrected chi connectivity index (χ1v) is 13.3. The number of rotatable bonds is 7. The van der Waals surface area contributed by atoms with Gasteiger partial charge in [-0.25, -0.2) is 0 Å². The summed E-state index contributed by atoms with van der Waals surface area (Å²) in [6.07, 6.45) is 3.60. The monoisotopic (exact) mass is 601 g/mol. The van der Waals surface area contributed by atoms with Crippen LogP contribution in [0.4, 0.5) is 11.4 Å². The summed E-state index contributed by atoms with van der Waals surface area (Å²) >= 11 is 3.45. The minimum Gasteiger partial charge on any atom is -0.496 e. The van der Waals surface area contributed by atoms with Crippen molar-refractivity contribution in [1.82, 2.24) is 0 Å². The van der Waals surface area contributed by atoms with E-state index in [0.717, 1.165) is 5.56 Å². The number of esters is 1. The second-order valence-corrected chi connectivity index (χ2v) is 10.3. The Morgan fingerprint density at radius 2 is 1.88 bits per heavy atom. The van der Waals surface area contributed by atoms with E-state index in [2.05, 4.69) is 22.0 Å². The topological polar surface area (TPSA) is 123 Å². The summed E-state index contributed by atoms with van der Waals surface area (Å²) in [4.78, 5) is 41.0. The van der Waals surface area contributed by atoms with Crippen LogP contribution in [0.25, 0.3) is 6.08 Å². The molecule has 0 aliphatic carbocycles. The molecule has 0 saturated carbocycles. The molecule has 3 aromatic carbocycles. The third-order valence-electron chi connectivity index (χ3n) is 7.51. The number of para-hydroxylation sites is 1. The van der Waals surface area contributed by atoms with E-state index in [1.54, 1.807) is 31.2 Å². The van der Waals surface area contributed by atoms with Gasteiger partial charge < -0.3 is 14.4 Å². The number of nitrogens with zero attached hydrogens (tertiary/aromatic N) is 3. The van der Waals surface area contributed by atoms with Gasteiger partial charge in [0.05, 0.1) is 35.2 Å². The molecule has 0 N–H and O–H groups in total. The molecule has 0 radical (unpaired) electrons. The Balaban J connectivity index is 1.79. The molecule has 0 amide bonds. The number of methoxy groups -OCH3 is 1. The third kappa shape index (κ3) is 4.14. The summed E-state index contributed by atoms with van der Waals surface area (Å²) in [6.45, 7) is 1.69. The first-order chi connectivity index (χ1) is 19.3. The Labute approximate surface area is 238 Å². The second-order valence-electron chi connectivity index (χ2n) is 9.46. The second kappa shape index (κ2) is 10.6. The molecule has 202 valence electrons. The van der Waals surface area contributed by atoms with Crippen LogP contribution in [-0.4, -0.2) is 42.5 Å². The summed E-state index contributed by atoms with van der Waals surface area (Å²) in [5, 5.41) is 22.2. The molecular formula is C30H24BrN3O6. The van der Waals surface area contributed by atoms with Gasteiger partial charge in [0.2, 0.25) is 0 Å². The Morgan fingerprint density at radius 1 is 1.15 bits per heavy atom. The molecule has 0 aromatic heterocycles. The molecule has 0 spiro atoms. The quantitative estimate of drug-likeness (QED) is 0.146. The standard InChI is InChI=1S/C30H24BrN3O6/c1-3-40-29(36)30(17-32)25-15-11-18-6-4-5-7-23(18)33(25)27(26(30)19-8-12-21(13-9-19)34(37)38)28(35)20-10-14-24(39-2)22(31)16-20/h4-16,25-27H,3H2,1-2H3/t25-,26+,27+,30-/m0/s1. The molecule has 0 bridgehead atoms. The van der Waals surface area contributed by atoms with E-state index in [1.165, 1.54) is 31.4 Å². The summed E-state index contributed by atoms with van der Waals surface area (Å²) in [7, 11) is 1.52. The van der Waals surface area contributed by atoms with E-state index in [4.69, 9.17) is 9.47 Å². The van der Waals surface area contributed by atoms with E-state index in [1.807, 2.05) is 35.2 Å². The summed E-state index contributed by atoms with van der Waals surface area (Å²) in [5.74, 6) is -1.57. The van der Waals surface area contributed by atoms with Crippen molar-refractivity contribution in [2.75, 3.05) is 18.6 Å². The van der Waals surface area contributed by atoms with Gasteiger partial charge in [-0.05, 0) is 58.2 Å². The number of ether oxygens (including phenoxy) is 2. The Bertz CT molecular complexity index is 1580. The van der Waals surface area contributed by atoms with Gasteiger partial charge in [-0.3, -0.25) is 19.7 Å². The van der Waals surface area contributed by atoms with Crippen molar-refractivity contribution in [3.05, 3.63) is 104 Å². The molecule has 10 heteroatoms. The number of carbonyl (C=O) groups is 2. The van der Waals surface area contributed by atoms with E-state index >= 15 is 0 Å². The number of non-ortho nitro benzene ring substituents is 1. The smallest absolute Gasteiger partial charge is 0.329 e. The fraction of sp³-hybridized carbons (Fsp3) is 0.233. The van der Waals surface area contributed by atoms with Gasteiger partial charge in [0.15, 0.2) is 11.2 Å². The Morgan fingerprint density at radius 3 is 2.50 bits per heavy atom. The number of carbonyl (C=O) groups excluding carboxylic acids is 2. The summed E-state index contributed by atoms with van der Waals surface area (Å²) in [6, 6.07) is 18.4. The predicted octanol–water partition coefficient (Wildman–Crippen LogP) is 5.69. The van der Waals surface area contributed by atoms with Crippen LogP contribution in [0.3, 0.4) is 0 Å². The van der Waals surface area contributed by atoms with Crippen LogP contribution in [0.2, 0.25) is 0 Å². The van der Waals surface area contributed by atoms with E-state index < -0.39 is 34.3 Å². The van der Waals surface area contributed by atoms with E-state index in [9.17, 15) is 25.0 Å². The van der Waals surface area contributed by atoms with Crippen molar-refractivity contribution in [2.24, 2.45) is 5.41 Å². The maximum Gasteiger partial charge on any atom is 0.329 e. The zero-order valence-electron chi connectivity index (χ0n) is 21.6. The van der Waals surface area contributed by atoms with Gasteiger partial charge in [0.1, 0.15) is 11.8 Å². The number of nitro groups is 1. The summed E-state index contributed by atoms with van der Waals surface area (Å²) in [5.41, 5.74) is 0.312. The van der Waals surface area contributed by atoms with Crippen molar-refractivity contribution in [1.29, 1.82) is 5.26 Å². The van der Waals surface area contributed by atoms with Crippen LogP contribution in [0.5, 0.6) is 5.75 Å². The van der Waals surface area contributed by atoms with Crippen LogP contribution in [-0.2, 0) is 9.53 Å². The number of anilines is 1. The molecule has 1 fully saturated rings. The number of Topliss-reactive ketones (excluding diaryl/α,β-unsaturated/α-hetero) is 1. The zero-order valence-corrected chi connectivity index (χ0v) is 23.2. The molecule has 5 rings (SSSR count). The van der Waals surface area contributed by atoms with Crippen molar-refractivity contribution in [2.45, 2.75) is 24.9 Å². The number of benzene rings is 3. The minimum absolute atomic E-state index is 0.0340. The number of hydrogen-bond acceptors (Lipinski definition) is 8. The minimum atomic E-state index is -1.83. The lowest BCUT2D eigenvalue weighted by Gasteiger charge is -2.36. The zero-order chi connectivity index (χ0) is 28.6. The Hall–Kier alpha value is -4.49. The number of ketones is 1. The highest BCUT2D eigenvalue weighted by atomic mass is 79.9. The lowest BCUT2D eigenvalue weighted by atomic mass is 9.68. The number of nitriles is 1. The first-order valence-electron chi connectivity index (χ1n) is 12.5. The molecule has 4 atom stereocenters. The first kappa shape index (κ1) is 27.1. The number of fused-ring (bicyclic) bond motifs is 3. The molecule has 2 aliphatic heterocycles. The van der Waals surface area contributed by atoms with Crippen molar-refractivity contribution in [3.8, 4) is 11.8 Å². The molecule has 40 heavy (non-hydrogen) atoms. The van der Waals surface area contributed by atoms with Crippen LogP contribution < -0.4 is 9.64 Å². The van der Waals surface area contributed by atoms with Crippen LogP contribution >= 0.6 is 15.9 Å². The highest BCUT2D eigenvalue weighted by molar-refractivity contribution is 9.10. The SMILES string of the molecule is CCOC(=O)[C@]1(C#N)[C@H](c2ccc([N+](=O)[O-])cc2)[C@H](C(=O)c2ccc(OC)c(Br)c2)N2c3ccccc3C=C[C@H]21. The maximum absolute atomic E-state index is 14.5. The van der Waals surface area contributed by atoms with Crippen molar-refractivity contribution in [3.63, 3.8) is 0 Å². The average molecular weight is 602 g/mol. The maximum atomic E-state index is 14.5. The van der Waals surface area contributed by atoms with Gasteiger partial charge >= 0.3 is 5.97 Å². The normalized spacial score (nSPS) is 22.6. The van der Waals surface area contributed by atoms with E-state index in [0.29, 0.717) is 27.0 Å². The lowest BCUT2D eigenvalue weighted by molar-refractivity contribution is -0.384.